The van der Waals surface area contributed by atoms with Crippen LogP contribution >= 0.6 is 0 Å². The van der Waals surface area contributed by atoms with E-state index in [9.17, 15) is 30.7 Å². The number of benzene rings is 2. The molecule has 0 spiro atoms. The van der Waals surface area contributed by atoms with Crippen LogP contribution in [-0.2, 0) is 10.8 Å². The maximum atomic E-state index is 15.3. The van der Waals surface area contributed by atoms with Gasteiger partial charge in [-0.25, -0.2) is 0 Å². The van der Waals surface area contributed by atoms with Gasteiger partial charge < -0.3 is 0 Å². The second-order valence-electron chi connectivity index (χ2n) is 9.94. The molecule has 0 unspecified atom stereocenters. The van der Waals surface area contributed by atoms with Crippen LogP contribution in [0.1, 0.15) is 52.7 Å². The highest BCUT2D eigenvalue weighted by molar-refractivity contribution is 5.24. The summed E-state index contributed by atoms with van der Waals surface area (Å²) in [6.45, 7) is 10.9. The van der Waals surface area contributed by atoms with Gasteiger partial charge in [-0.3, -0.25) is 0 Å². The molecule has 0 nitrogen and oxygen atoms in total. The molecule has 2 aromatic rings. The van der Waals surface area contributed by atoms with Crippen molar-refractivity contribution in [1.82, 2.24) is 0 Å². The van der Waals surface area contributed by atoms with Crippen LogP contribution in [0.3, 0.4) is 0 Å². The molecule has 0 aliphatic rings. The van der Waals surface area contributed by atoms with Gasteiger partial charge in [-0.05, 0) is 46.2 Å². The molecule has 0 saturated heterocycles. The van der Waals surface area contributed by atoms with Crippen LogP contribution in [0, 0.1) is 7.14 Å². The Morgan fingerprint density at radius 2 is 0.765 bits per heavy atom. The first kappa shape index (κ1) is 28.8. The monoisotopic (exact) mass is 612 g/mol. The Balaban J connectivity index is 2.75. The van der Waals surface area contributed by atoms with Crippen molar-refractivity contribution in [2.75, 3.05) is 0 Å². The van der Waals surface area contributed by atoms with Gasteiger partial charge in [-0.2, -0.15) is 39.5 Å². The summed E-state index contributed by atoms with van der Waals surface area (Å²) in [6.07, 6.45) is -6.85. The molecule has 1 radical (unpaired) electrons. The maximum Gasteiger partial charge on any atom is 0.480 e. The molecule has 0 atom stereocenters. The van der Waals surface area contributed by atoms with Crippen molar-refractivity contribution in [3.63, 3.8) is 0 Å². The maximum absolute atomic E-state index is 15.3. The van der Waals surface area contributed by atoms with E-state index in [1.807, 2.05) is 41.5 Å². The van der Waals surface area contributed by atoms with E-state index in [1.165, 1.54) is 24.3 Å². The smallest absolute Gasteiger partial charge is 0.189 e. The Labute approximate surface area is 200 Å². The Bertz CT molecular complexity index is 920. The molecule has 0 aliphatic heterocycles. The molecule has 0 saturated carbocycles. The van der Waals surface area contributed by atoms with Crippen LogP contribution in [-0.4, -0.2) is 22.0 Å². The van der Waals surface area contributed by atoms with Gasteiger partial charge in [-0.15, -0.1) is 0 Å². The van der Waals surface area contributed by atoms with E-state index in [0.29, 0.717) is 11.1 Å². The van der Waals surface area contributed by atoms with Gasteiger partial charge in [0.15, 0.2) is 7.14 Å². The summed E-state index contributed by atoms with van der Waals surface area (Å²) in [5.74, 6) is -13.6. The summed E-state index contributed by atoms with van der Waals surface area (Å²) in [7, 11) is 0. The molecular formula is C24H26F9I+. The molecule has 0 amide bonds. The summed E-state index contributed by atoms with van der Waals surface area (Å²) in [4.78, 5) is 0. The van der Waals surface area contributed by atoms with Gasteiger partial charge in [0.25, 0.3) is 0 Å². The normalized spacial score (nSPS) is 14.6. The first-order valence-electron chi connectivity index (χ1n) is 10.2. The van der Waals surface area contributed by atoms with Crippen molar-refractivity contribution in [1.29, 1.82) is 0 Å². The fourth-order valence-electron chi connectivity index (χ4n) is 3.03. The van der Waals surface area contributed by atoms with Crippen molar-refractivity contribution in [3.8, 4) is 0 Å². The third-order valence-electron chi connectivity index (χ3n) is 5.20. The molecule has 2 aromatic carbocycles. The zero-order valence-electron chi connectivity index (χ0n) is 19.4. The van der Waals surface area contributed by atoms with Crippen LogP contribution in [0.4, 0.5) is 39.5 Å². The number of hydrogen-bond acceptors (Lipinski definition) is 0. The van der Waals surface area contributed by atoms with Crippen LogP contribution in [0.25, 0.3) is 0 Å². The molecule has 2 rings (SSSR count). The Kier molecular flexibility index (Phi) is 7.52. The highest BCUT2D eigenvalue weighted by atomic mass is 127. The van der Waals surface area contributed by atoms with Crippen molar-refractivity contribution < 1.29 is 59.3 Å². The third-order valence-corrected chi connectivity index (χ3v) is 11.2. The minimum Gasteiger partial charge on any atom is -0.189 e. The Morgan fingerprint density at radius 3 is 1.00 bits per heavy atom. The average Bonchev–Trinajstić information content (AvgIpc) is 2.66. The molecule has 0 aromatic heterocycles. The first-order chi connectivity index (χ1) is 15.0. The van der Waals surface area contributed by atoms with Crippen LogP contribution in [0.15, 0.2) is 48.5 Å². The van der Waals surface area contributed by atoms with Gasteiger partial charge in [0, 0.05) is 0 Å². The molecule has 34 heavy (non-hydrogen) atoms. The van der Waals surface area contributed by atoms with Crippen molar-refractivity contribution in [2.24, 2.45) is 0 Å². The minimum absolute atomic E-state index is 0.358. The molecule has 0 heterocycles. The molecule has 191 valence electrons. The van der Waals surface area contributed by atoms with Crippen LogP contribution < -0.4 is 19.8 Å². The van der Waals surface area contributed by atoms with Gasteiger partial charge in [0.2, 0.25) is 19.8 Å². The lowest BCUT2D eigenvalue weighted by atomic mass is 9.87. The predicted octanol–water partition coefficient (Wildman–Crippen LogP) is 5.37. The van der Waals surface area contributed by atoms with Gasteiger partial charge in [0.05, 0.1) is 0 Å². The molecule has 0 fully saturated rings. The fraction of sp³-hybridized carbons (Fsp3) is 0.500. The minimum atomic E-state index is -6.92. The highest BCUT2D eigenvalue weighted by Gasteiger charge is 2.88. The van der Waals surface area contributed by atoms with E-state index in [1.54, 1.807) is 0 Å². The number of hydrogen-bond donors (Lipinski definition) is 0. The molecule has 0 bridgehead atoms. The van der Waals surface area contributed by atoms with E-state index in [2.05, 4.69) is 0 Å². The van der Waals surface area contributed by atoms with Crippen LogP contribution in [0.5, 0.6) is 0 Å². The molecular weight excluding hydrogens is 586 g/mol. The Hall–Kier alpha value is -1.46. The van der Waals surface area contributed by atoms with Gasteiger partial charge >= 0.3 is 22.0 Å². The largest absolute Gasteiger partial charge is 0.480 e. The lowest BCUT2D eigenvalue weighted by Crippen LogP contribution is -3.90. The lowest BCUT2D eigenvalue weighted by molar-refractivity contribution is -0.967. The second-order valence-corrected chi connectivity index (χ2v) is 15.4. The standard InChI is InChI=1S/C24H26F9I/c1-19(2,3)15-7-11-17(12-8-15)34(18-13-9-16(10-14-18)20(4,5)6)24(32,33)22(27,28)21(25,26)23(29,30)31/h7-14H,1-6H3/q+1. The summed E-state index contributed by atoms with van der Waals surface area (Å²) in [6, 6.07) is 10.1. The molecule has 0 N–H and O–H groups in total. The van der Waals surface area contributed by atoms with Crippen molar-refractivity contribution >= 4 is 0 Å². The van der Waals surface area contributed by atoms with Crippen molar-refractivity contribution in [2.45, 2.75) is 74.3 Å². The number of alkyl halides is 10. The van der Waals surface area contributed by atoms with Crippen molar-refractivity contribution in [3.05, 3.63) is 66.8 Å². The zero-order chi connectivity index (χ0) is 26.5. The number of rotatable bonds is 5. The number of halogens is 10. The highest BCUT2D eigenvalue weighted by Crippen LogP contribution is 2.50. The summed E-state index contributed by atoms with van der Waals surface area (Å²) in [5.41, 5.74) is 0.459. The molecule has 0 aliphatic carbocycles. The average molecular weight is 612 g/mol. The van der Waals surface area contributed by atoms with E-state index in [0.717, 1.165) is 24.3 Å². The quantitative estimate of drug-likeness (QED) is 0.242. The lowest BCUT2D eigenvalue weighted by Gasteiger charge is -2.32. The summed E-state index contributed by atoms with van der Waals surface area (Å²) < 4.78 is 119. The third kappa shape index (κ3) is 5.21. The van der Waals surface area contributed by atoms with Crippen LogP contribution in [0.2, 0.25) is 0 Å². The van der Waals surface area contributed by atoms with Gasteiger partial charge in [-0.1, -0.05) is 65.8 Å². The summed E-state index contributed by atoms with van der Waals surface area (Å²) in [5, 5.41) is 0. The molecule has 10 heteroatoms. The first-order valence-corrected chi connectivity index (χ1v) is 13.4. The SMILES string of the molecule is CC(C)(C)c1ccc([I+](c2ccc(C(C)(C)C)cc2)C(F)(F)C(F)(F)C(F)(F)C(F)(F)F)cc1. The van der Waals surface area contributed by atoms with E-state index in [-0.39, 0.29) is 7.14 Å². The van der Waals surface area contributed by atoms with E-state index in [4.69, 9.17) is 0 Å². The van der Waals surface area contributed by atoms with Gasteiger partial charge in [0.1, 0.15) is 0 Å². The predicted molar refractivity (Wildman–Crippen MR) is 109 cm³/mol. The van der Waals surface area contributed by atoms with E-state index >= 15 is 8.78 Å². The van der Waals surface area contributed by atoms with E-state index < -0.39 is 52.6 Å². The fourth-order valence-corrected chi connectivity index (χ4v) is 8.48. The zero-order valence-corrected chi connectivity index (χ0v) is 21.6. The summed E-state index contributed by atoms with van der Waals surface area (Å²) >= 11 is -4.91. The Morgan fingerprint density at radius 1 is 0.471 bits per heavy atom. The second kappa shape index (κ2) is 8.89. The topological polar surface area (TPSA) is 0 Å².